The lowest BCUT2D eigenvalue weighted by molar-refractivity contribution is -0.121. The first kappa shape index (κ1) is 20.3. The Morgan fingerprint density at radius 1 is 1.28 bits per heavy atom. The van der Waals surface area contributed by atoms with Crippen LogP contribution >= 0.6 is 0 Å². The van der Waals surface area contributed by atoms with Gasteiger partial charge in [-0.1, -0.05) is 0 Å². The average Bonchev–Trinajstić information content (AvgIpc) is 2.67. The van der Waals surface area contributed by atoms with Crippen LogP contribution in [0.25, 0.3) is 0 Å². The van der Waals surface area contributed by atoms with Gasteiger partial charge in [-0.25, -0.2) is 0 Å². The van der Waals surface area contributed by atoms with E-state index in [4.69, 9.17) is 10.5 Å². The van der Waals surface area contributed by atoms with Crippen LogP contribution in [-0.4, -0.2) is 29.7 Å². The Balaban J connectivity index is 1.84. The number of carbonyl (C=O) groups is 3. The highest BCUT2D eigenvalue weighted by Gasteiger charge is 2.25. The maximum atomic E-state index is 12.7. The van der Waals surface area contributed by atoms with Crippen molar-refractivity contribution in [3.8, 4) is 5.75 Å². The first-order valence-electron chi connectivity index (χ1n) is 9.33. The molecule has 0 saturated heterocycles. The van der Waals surface area contributed by atoms with Crippen LogP contribution in [0.1, 0.15) is 63.3 Å². The van der Waals surface area contributed by atoms with Crippen LogP contribution < -0.4 is 21.3 Å². The number of aryl methyl sites for hydroxylation is 1. The third-order valence-electron chi connectivity index (χ3n) is 5.09. The molecule has 2 amide bonds. The Morgan fingerprint density at radius 3 is 2.69 bits per heavy atom. The summed E-state index contributed by atoms with van der Waals surface area (Å²) in [5, 5.41) is 2.96. The van der Waals surface area contributed by atoms with Crippen LogP contribution in [-0.2, 0) is 17.6 Å². The number of pyridine rings is 1. The number of Topliss-reactive ketones (excluding diaryl/α,β-unsaturated/α-hetero) is 1. The molecule has 152 valence electrons. The molecule has 1 unspecified atom stereocenters. The fraction of sp³-hybridized carbons (Fsp3) is 0.333. The van der Waals surface area contributed by atoms with Gasteiger partial charge >= 0.3 is 0 Å². The number of primary amides is 1. The summed E-state index contributed by atoms with van der Waals surface area (Å²) in [5.74, 6) is -0.642. The van der Waals surface area contributed by atoms with Gasteiger partial charge in [-0.15, -0.1) is 0 Å². The van der Waals surface area contributed by atoms with E-state index in [1.165, 1.54) is 20.1 Å². The molecule has 8 nitrogen and oxygen atoms in total. The molecule has 1 aliphatic carbocycles. The van der Waals surface area contributed by atoms with Crippen molar-refractivity contribution in [2.45, 2.75) is 38.6 Å². The zero-order valence-electron chi connectivity index (χ0n) is 16.3. The summed E-state index contributed by atoms with van der Waals surface area (Å²) in [7, 11) is 1.50. The molecule has 0 aliphatic heterocycles. The lowest BCUT2D eigenvalue weighted by Crippen LogP contribution is -2.34. The molecule has 0 bridgehead atoms. The second-order valence-electron chi connectivity index (χ2n) is 7.08. The summed E-state index contributed by atoms with van der Waals surface area (Å²) >= 11 is 0. The number of ether oxygens (including phenoxy) is 1. The number of aromatic nitrogens is 1. The first-order valence-corrected chi connectivity index (χ1v) is 9.33. The molecule has 1 aromatic heterocycles. The molecule has 2 aromatic rings. The normalized spacial score (nSPS) is 15.3. The molecule has 29 heavy (non-hydrogen) atoms. The molecule has 1 aliphatic rings. The van der Waals surface area contributed by atoms with Gasteiger partial charge in [-0.2, -0.15) is 0 Å². The molecule has 0 radical (unpaired) electrons. The van der Waals surface area contributed by atoms with E-state index in [-0.39, 0.29) is 29.7 Å². The van der Waals surface area contributed by atoms with Crippen molar-refractivity contribution >= 4 is 17.6 Å². The van der Waals surface area contributed by atoms with Crippen LogP contribution in [0.4, 0.5) is 0 Å². The lowest BCUT2D eigenvalue weighted by atomic mass is 9.90. The van der Waals surface area contributed by atoms with E-state index in [1.54, 1.807) is 18.2 Å². The summed E-state index contributed by atoms with van der Waals surface area (Å²) in [6, 6.07) is 6.10. The van der Waals surface area contributed by atoms with E-state index in [2.05, 4.69) is 10.3 Å². The van der Waals surface area contributed by atoms with Crippen molar-refractivity contribution in [2.75, 3.05) is 7.11 Å². The number of nitrogens with one attached hydrogen (secondary N) is 2. The van der Waals surface area contributed by atoms with E-state index < -0.39 is 11.5 Å². The van der Waals surface area contributed by atoms with Gasteiger partial charge in [0.05, 0.1) is 19.6 Å². The van der Waals surface area contributed by atoms with Gasteiger partial charge in [0, 0.05) is 16.8 Å². The Bertz CT molecular complexity index is 1040. The Labute approximate surface area is 167 Å². The highest BCUT2D eigenvalue weighted by Crippen LogP contribution is 2.29. The zero-order chi connectivity index (χ0) is 21.1. The fourth-order valence-electron chi connectivity index (χ4n) is 3.63. The minimum atomic E-state index is -0.810. The molecular formula is C21H23N3O5. The number of fused-ring (bicyclic) bond motifs is 1. The number of H-pyrrole nitrogens is 1. The average molecular weight is 397 g/mol. The van der Waals surface area contributed by atoms with Crippen molar-refractivity contribution in [2.24, 2.45) is 5.73 Å². The maximum absolute atomic E-state index is 12.7. The van der Waals surface area contributed by atoms with Crippen LogP contribution in [0.3, 0.4) is 0 Å². The number of ketones is 1. The predicted molar refractivity (Wildman–Crippen MR) is 106 cm³/mol. The number of hydrogen-bond acceptors (Lipinski definition) is 5. The lowest BCUT2D eigenvalue weighted by Gasteiger charge is -2.26. The van der Waals surface area contributed by atoms with Gasteiger partial charge in [-0.3, -0.25) is 19.2 Å². The Morgan fingerprint density at radius 2 is 2.03 bits per heavy atom. The van der Waals surface area contributed by atoms with Crippen LogP contribution in [0, 0.1) is 0 Å². The summed E-state index contributed by atoms with van der Waals surface area (Å²) < 4.78 is 5.30. The van der Waals surface area contributed by atoms with Gasteiger partial charge in [0.25, 0.3) is 11.5 Å². The minimum absolute atomic E-state index is 0.0299. The third kappa shape index (κ3) is 4.37. The number of carbonyl (C=O) groups excluding carboxylic acids is 3. The molecule has 1 atom stereocenters. The summed E-state index contributed by atoms with van der Waals surface area (Å²) in [5.41, 5.74) is 7.14. The second kappa shape index (κ2) is 8.30. The van der Waals surface area contributed by atoms with Gasteiger partial charge in [0.15, 0.2) is 5.78 Å². The maximum Gasteiger partial charge on any atom is 0.261 e. The van der Waals surface area contributed by atoms with E-state index >= 15 is 0 Å². The number of aromatic amines is 1. The molecule has 0 fully saturated rings. The molecule has 4 N–H and O–H groups in total. The van der Waals surface area contributed by atoms with Crippen molar-refractivity contribution in [3.05, 3.63) is 62.6 Å². The number of rotatable bonds is 6. The number of nitrogens with two attached hydrogens (primary N) is 1. The monoisotopic (exact) mass is 397 g/mol. The van der Waals surface area contributed by atoms with Crippen LogP contribution in [0.15, 0.2) is 29.1 Å². The second-order valence-corrected chi connectivity index (χ2v) is 7.08. The molecule has 0 saturated carbocycles. The van der Waals surface area contributed by atoms with Crippen LogP contribution in [0.2, 0.25) is 0 Å². The van der Waals surface area contributed by atoms with Gasteiger partial charge < -0.3 is 20.8 Å². The summed E-state index contributed by atoms with van der Waals surface area (Å²) in [4.78, 5) is 50.5. The van der Waals surface area contributed by atoms with E-state index in [0.29, 0.717) is 41.0 Å². The molecular weight excluding hydrogens is 374 g/mol. The third-order valence-corrected chi connectivity index (χ3v) is 5.09. The minimum Gasteiger partial charge on any atom is -0.496 e. The zero-order valence-corrected chi connectivity index (χ0v) is 16.3. The summed E-state index contributed by atoms with van der Waals surface area (Å²) in [6.45, 7) is 1.46. The molecule has 1 heterocycles. The summed E-state index contributed by atoms with van der Waals surface area (Å²) in [6.07, 6.45) is 2.15. The molecule has 0 spiro atoms. The highest BCUT2D eigenvalue weighted by molar-refractivity contribution is 5.95. The van der Waals surface area contributed by atoms with Gasteiger partial charge in [-0.05, 0) is 56.0 Å². The smallest absolute Gasteiger partial charge is 0.261 e. The van der Waals surface area contributed by atoms with Gasteiger partial charge in [0.1, 0.15) is 11.3 Å². The fourth-order valence-corrected chi connectivity index (χ4v) is 3.63. The van der Waals surface area contributed by atoms with E-state index in [1.807, 2.05) is 0 Å². The first-order chi connectivity index (χ1) is 13.8. The van der Waals surface area contributed by atoms with Crippen molar-refractivity contribution in [3.63, 3.8) is 0 Å². The van der Waals surface area contributed by atoms with Crippen molar-refractivity contribution < 1.29 is 19.1 Å². The molecule has 8 heteroatoms. The number of amides is 2. The highest BCUT2D eigenvalue weighted by atomic mass is 16.5. The predicted octanol–water partition coefficient (Wildman–Crippen LogP) is 1.42. The number of hydrogen-bond donors (Lipinski definition) is 3. The van der Waals surface area contributed by atoms with Gasteiger partial charge in [0.2, 0.25) is 5.91 Å². The SMILES string of the molecule is COc1ccc(C(C)=O)cc1CC(=O)NC1CCCc2[nH]c(=O)c(C(N)=O)cc21. The Kier molecular flexibility index (Phi) is 5.81. The molecule has 1 aromatic carbocycles. The van der Waals surface area contributed by atoms with E-state index in [0.717, 1.165) is 6.42 Å². The Hall–Kier alpha value is -3.42. The van der Waals surface area contributed by atoms with Crippen molar-refractivity contribution in [1.29, 1.82) is 0 Å². The standard InChI is InChI=1S/C21H23N3O5/c1-11(25)12-6-7-18(29-2)13(8-12)9-19(26)23-16-4-3-5-17-14(16)10-15(20(22)27)21(28)24-17/h6-8,10,16H,3-5,9H2,1-2H3,(H2,22,27)(H,23,26)(H,24,28). The van der Waals surface area contributed by atoms with E-state index in [9.17, 15) is 19.2 Å². The quantitative estimate of drug-likeness (QED) is 0.635. The topological polar surface area (TPSA) is 131 Å². The van der Waals surface area contributed by atoms with Crippen LogP contribution in [0.5, 0.6) is 5.75 Å². The number of benzene rings is 1. The van der Waals surface area contributed by atoms with Crippen molar-refractivity contribution in [1.82, 2.24) is 10.3 Å². The largest absolute Gasteiger partial charge is 0.496 e. The number of methoxy groups -OCH3 is 1. The molecule has 3 rings (SSSR count).